The molecule has 0 bridgehead atoms. The van der Waals surface area contributed by atoms with Gasteiger partial charge in [0.2, 0.25) is 5.91 Å². The third kappa shape index (κ3) is 4.42. The summed E-state index contributed by atoms with van der Waals surface area (Å²) in [7, 11) is 0. The van der Waals surface area contributed by atoms with Gasteiger partial charge in [-0.15, -0.1) is 0 Å². The van der Waals surface area contributed by atoms with E-state index in [4.69, 9.17) is 11.6 Å². The Hall–Kier alpha value is -2.35. The fourth-order valence-corrected chi connectivity index (χ4v) is 5.22. The molecule has 9 heteroatoms. The Kier molecular flexibility index (Phi) is 6.09. The van der Waals surface area contributed by atoms with Gasteiger partial charge >= 0.3 is 6.03 Å². The average Bonchev–Trinajstić information content (AvgIpc) is 2.98. The molecular weight excluding hydrogens is 430 g/mol. The molecule has 0 radical (unpaired) electrons. The highest BCUT2D eigenvalue weighted by atomic mass is 35.5. The van der Waals surface area contributed by atoms with Crippen molar-refractivity contribution < 1.29 is 14.4 Å². The van der Waals surface area contributed by atoms with Gasteiger partial charge in [-0.1, -0.05) is 32.4 Å². The van der Waals surface area contributed by atoms with Crippen molar-refractivity contribution in [3.63, 3.8) is 0 Å². The lowest BCUT2D eigenvalue weighted by molar-refractivity contribution is -0.140. The molecule has 0 unspecified atom stereocenters. The molecule has 1 aromatic heterocycles. The Morgan fingerprint density at radius 1 is 1.16 bits per heavy atom. The molecule has 4 amide bonds. The number of halogens is 1. The van der Waals surface area contributed by atoms with Crippen molar-refractivity contribution in [2.45, 2.75) is 52.0 Å². The number of anilines is 1. The molecular formula is C23H32ClN5O3. The van der Waals surface area contributed by atoms with Crippen LogP contribution < -0.4 is 10.2 Å². The van der Waals surface area contributed by atoms with Gasteiger partial charge in [0.05, 0.1) is 5.02 Å². The number of aromatic nitrogens is 1. The molecule has 3 aliphatic rings. The van der Waals surface area contributed by atoms with Crippen molar-refractivity contribution in [3.05, 3.63) is 23.4 Å². The molecule has 3 heterocycles. The molecule has 8 nitrogen and oxygen atoms in total. The van der Waals surface area contributed by atoms with Crippen LogP contribution in [0.5, 0.6) is 0 Å². The van der Waals surface area contributed by atoms with Crippen LogP contribution in [-0.2, 0) is 9.59 Å². The van der Waals surface area contributed by atoms with Crippen molar-refractivity contribution in [2.75, 3.05) is 37.6 Å². The molecule has 1 aromatic rings. The van der Waals surface area contributed by atoms with E-state index in [1.165, 1.54) is 0 Å². The van der Waals surface area contributed by atoms with E-state index >= 15 is 0 Å². The molecule has 2 saturated heterocycles. The molecule has 1 N–H and O–H groups in total. The summed E-state index contributed by atoms with van der Waals surface area (Å²) in [6.07, 6.45) is 4.68. The Morgan fingerprint density at radius 3 is 2.38 bits per heavy atom. The van der Waals surface area contributed by atoms with E-state index in [-0.39, 0.29) is 23.8 Å². The smallest absolute Gasteiger partial charge is 0.325 e. The number of carbonyl (C=O) groups excluding carboxylic acids is 3. The van der Waals surface area contributed by atoms with Gasteiger partial charge in [0, 0.05) is 32.4 Å². The van der Waals surface area contributed by atoms with E-state index < -0.39 is 11.6 Å². The molecule has 2 aliphatic heterocycles. The van der Waals surface area contributed by atoms with Gasteiger partial charge in [0.1, 0.15) is 17.9 Å². The van der Waals surface area contributed by atoms with Crippen LogP contribution in [0, 0.1) is 11.3 Å². The molecule has 32 heavy (non-hydrogen) atoms. The van der Waals surface area contributed by atoms with E-state index in [1.807, 2.05) is 6.07 Å². The molecule has 3 fully saturated rings. The molecule has 1 saturated carbocycles. The summed E-state index contributed by atoms with van der Waals surface area (Å²) in [6.45, 7) is 8.78. The van der Waals surface area contributed by atoms with Crippen LogP contribution in [0.1, 0.15) is 46.5 Å². The standard InChI is InChI=1S/C23H32ClN5O3/c1-22(2,3)16-6-8-23(9-7-16)20(31)29(21(32)26-23)15-19(30)28-12-10-27(11-13-28)18-5-4-17(24)14-25-18/h4-5,14,16H,6-13,15H2,1-3H3,(H,26,32). The maximum atomic E-state index is 13.2. The Labute approximate surface area is 194 Å². The summed E-state index contributed by atoms with van der Waals surface area (Å²) < 4.78 is 0. The summed E-state index contributed by atoms with van der Waals surface area (Å²) in [5.74, 6) is 0.910. The van der Waals surface area contributed by atoms with Crippen LogP contribution in [-0.4, -0.2) is 70.9 Å². The maximum absolute atomic E-state index is 13.2. The minimum absolute atomic E-state index is 0.187. The monoisotopic (exact) mass is 461 g/mol. The number of hydrogen-bond acceptors (Lipinski definition) is 5. The zero-order valence-electron chi connectivity index (χ0n) is 19.1. The summed E-state index contributed by atoms with van der Waals surface area (Å²) >= 11 is 5.90. The molecule has 4 rings (SSSR count). The summed E-state index contributed by atoms with van der Waals surface area (Å²) in [4.78, 5) is 47.9. The summed E-state index contributed by atoms with van der Waals surface area (Å²) in [6, 6.07) is 3.21. The number of pyridine rings is 1. The van der Waals surface area contributed by atoms with Gasteiger partial charge in [0.15, 0.2) is 0 Å². The first-order valence-electron chi connectivity index (χ1n) is 11.4. The Bertz CT molecular complexity index is 882. The van der Waals surface area contributed by atoms with Crippen LogP contribution in [0.2, 0.25) is 5.02 Å². The van der Waals surface area contributed by atoms with Crippen molar-refractivity contribution in [2.24, 2.45) is 11.3 Å². The number of imide groups is 1. The van der Waals surface area contributed by atoms with E-state index in [9.17, 15) is 14.4 Å². The van der Waals surface area contributed by atoms with Gasteiger partial charge < -0.3 is 15.1 Å². The van der Waals surface area contributed by atoms with Crippen molar-refractivity contribution in [1.29, 1.82) is 0 Å². The Morgan fingerprint density at radius 2 is 1.81 bits per heavy atom. The van der Waals surface area contributed by atoms with Crippen LogP contribution in [0.15, 0.2) is 18.3 Å². The highest BCUT2D eigenvalue weighted by molar-refractivity contribution is 6.30. The quantitative estimate of drug-likeness (QED) is 0.699. The fraction of sp³-hybridized carbons (Fsp3) is 0.652. The van der Waals surface area contributed by atoms with Crippen molar-refractivity contribution in [3.8, 4) is 0 Å². The number of nitrogens with one attached hydrogen (secondary N) is 1. The first-order valence-corrected chi connectivity index (χ1v) is 11.8. The Balaban J connectivity index is 1.32. The van der Waals surface area contributed by atoms with Crippen LogP contribution in [0.4, 0.5) is 10.6 Å². The zero-order chi connectivity index (χ0) is 23.1. The van der Waals surface area contributed by atoms with E-state index in [1.54, 1.807) is 17.2 Å². The summed E-state index contributed by atoms with van der Waals surface area (Å²) in [5, 5.41) is 3.51. The lowest BCUT2D eigenvalue weighted by Gasteiger charge is -2.40. The zero-order valence-corrected chi connectivity index (χ0v) is 19.8. The predicted molar refractivity (Wildman–Crippen MR) is 122 cm³/mol. The second-order valence-electron chi connectivity index (χ2n) is 10.2. The lowest BCUT2D eigenvalue weighted by atomic mass is 9.67. The highest BCUT2D eigenvalue weighted by Gasteiger charge is 2.53. The van der Waals surface area contributed by atoms with E-state index in [2.05, 4.69) is 36.0 Å². The third-order valence-corrected chi connectivity index (χ3v) is 7.49. The van der Waals surface area contributed by atoms with Crippen molar-refractivity contribution >= 4 is 35.3 Å². The highest BCUT2D eigenvalue weighted by Crippen LogP contribution is 2.43. The van der Waals surface area contributed by atoms with Gasteiger partial charge in [-0.05, 0) is 49.1 Å². The van der Waals surface area contributed by atoms with Crippen LogP contribution >= 0.6 is 11.6 Å². The molecule has 174 valence electrons. The average molecular weight is 462 g/mol. The fourth-order valence-electron chi connectivity index (χ4n) is 5.11. The van der Waals surface area contributed by atoms with Gasteiger partial charge in [0.25, 0.3) is 5.91 Å². The van der Waals surface area contributed by atoms with Gasteiger partial charge in [-0.2, -0.15) is 0 Å². The molecule has 1 aliphatic carbocycles. The minimum Gasteiger partial charge on any atom is -0.353 e. The molecule has 1 spiro atoms. The molecule has 0 aromatic carbocycles. The third-order valence-electron chi connectivity index (χ3n) is 7.27. The first kappa shape index (κ1) is 22.8. The van der Waals surface area contributed by atoms with Crippen LogP contribution in [0.25, 0.3) is 0 Å². The SMILES string of the molecule is CC(C)(C)C1CCC2(CC1)NC(=O)N(CC(=O)N1CCN(c3ccc(Cl)cn3)CC1)C2=O. The normalized spacial score (nSPS) is 26.6. The van der Waals surface area contributed by atoms with Crippen molar-refractivity contribution in [1.82, 2.24) is 20.1 Å². The number of nitrogens with zero attached hydrogens (tertiary/aromatic N) is 4. The first-order chi connectivity index (χ1) is 15.1. The maximum Gasteiger partial charge on any atom is 0.325 e. The van der Waals surface area contributed by atoms with E-state index in [0.29, 0.717) is 50.0 Å². The molecule has 0 atom stereocenters. The number of urea groups is 1. The van der Waals surface area contributed by atoms with E-state index in [0.717, 1.165) is 23.6 Å². The lowest BCUT2D eigenvalue weighted by Crippen LogP contribution is -2.53. The second-order valence-corrected chi connectivity index (χ2v) is 10.7. The number of hydrogen-bond donors (Lipinski definition) is 1. The number of rotatable bonds is 3. The van der Waals surface area contributed by atoms with Crippen LogP contribution in [0.3, 0.4) is 0 Å². The second kappa shape index (κ2) is 8.54. The number of amides is 4. The van der Waals surface area contributed by atoms with Gasteiger partial charge in [-0.25, -0.2) is 9.78 Å². The topological polar surface area (TPSA) is 85.8 Å². The van der Waals surface area contributed by atoms with Gasteiger partial charge in [-0.3, -0.25) is 14.5 Å². The number of carbonyl (C=O) groups is 3. The predicted octanol–water partition coefficient (Wildman–Crippen LogP) is 2.91. The minimum atomic E-state index is -0.835. The largest absolute Gasteiger partial charge is 0.353 e. The summed E-state index contributed by atoms with van der Waals surface area (Å²) in [5.41, 5.74) is -0.648. The number of piperazine rings is 1.